The van der Waals surface area contributed by atoms with Crippen molar-refractivity contribution in [2.45, 2.75) is 32.1 Å². The third-order valence-electron chi connectivity index (χ3n) is 5.39. The molecule has 1 aliphatic heterocycles. The van der Waals surface area contributed by atoms with Crippen molar-refractivity contribution in [2.24, 2.45) is 5.92 Å². The first kappa shape index (κ1) is 23.5. The van der Waals surface area contributed by atoms with Crippen molar-refractivity contribution in [1.82, 2.24) is 10.6 Å². The smallest absolute Gasteiger partial charge is 0.251 e. The minimum atomic E-state index is -1.86. The highest BCUT2D eigenvalue weighted by Crippen LogP contribution is 2.22. The van der Waals surface area contributed by atoms with Crippen LogP contribution in [0.2, 0.25) is 19.6 Å². The summed E-state index contributed by atoms with van der Waals surface area (Å²) in [5, 5.41) is 8.72. The Hall–Kier alpha value is -3.20. The van der Waals surface area contributed by atoms with E-state index in [4.69, 9.17) is 4.74 Å². The summed E-state index contributed by atoms with van der Waals surface area (Å²) in [7, 11) is -0.325. The maximum Gasteiger partial charge on any atom is 0.251 e. The van der Waals surface area contributed by atoms with Crippen molar-refractivity contribution in [3.8, 4) is 5.75 Å². The fourth-order valence-corrected chi connectivity index (χ4v) is 4.93. The highest BCUT2D eigenvalue weighted by molar-refractivity contribution is 6.88. The Morgan fingerprint density at radius 1 is 1.16 bits per heavy atom. The Labute approximate surface area is 187 Å². The van der Waals surface area contributed by atoms with Gasteiger partial charge in [-0.3, -0.25) is 14.4 Å². The summed E-state index contributed by atoms with van der Waals surface area (Å²) in [6, 6.07) is 10.4. The van der Waals surface area contributed by atoms with E-state index >= 15 is 0 Å². The molecule has 3 amide bonds. The molecule has 3 rings (SSSR count). The van der Waals surface area contributed by atoms with Gasteiger partial charge in [-0.05, 0) is 35.0 Å². The van der Waals surface area contributed by atoms with Crippen molar-refractivity contribution in [3.63, 3.8) is 0 Å². The van der Waals surface area contributed by atoms with Gasteiger partial charge >= 0.3 is 0 Å². The minimum Gasteiger partial charge on any atom is -0.497 e. The standard InChI is InChI=1S/C23H28FN3O4Si/c1-31-17-8-5-14(6-9-17)21(27-22(29)15-11-20(28)25-13-15)23(30)26-16-7-10-19(18(24)12-16)32(2,3)4/h5-10,12,15,21H,11,13H2,1-4H3,(H,25,28)(H,26,30)(H,27,29)/t15?,21-/m1/s1. The van der Waals surface area contributed by atoms with E-state index < -0.39 is 31.8 Å². The van der Waals surface area contributed by atoms with Crippen LogP contribution in [-0.2, 0) is 14.4 Å². The Bertz CT molecular complexity index is 1020. The second kappa shape index (κ2) is 9.52. The quantitative estimate of drug-likeness (QED) is 0.556. The zero-order valence-corrected chi connectivity index (χ0v) is 19.6. The lowest BCUT2D eigenvalue weighted by Gasteiger charge is -2.22. The Morgan fingerprint density at radius 3 is 2.38 bits per heavy atom. The van der Waals surface area contributed by atoms with Crippen LogP contribution in [0.4, 0.5) is 10.1 Å². The second-order valence-electron chi connectivity index (χ2n) is 8.85. The van der Waals surface area contributed by atoms with Gasteiger partial charge in [-0.1, -0.05) is 37.8 Å². The molecule has 0 aliphatic carbocycles. The molecule has 0 spiro atoms. The van der Waals surface area contributed by atoms with Gasteiger partial charge in [0.15, 0.2) is 0 Å². The number of carbonyl (C=O) groups is 3. The average molecular weight is 458 g/mol. The molecule has 2 aromatic carbocycles. The number of benzene rings is 2. The van der Waals surface area contributed by atoms with Crippen LogP contribution >= 0.6 is 0 Å². The zero-order chi connectivity index (χ0) is 23.5. The van der Waals surface area contributed by atoms with E-state index in [9.17, 15) is 18.8 Å². The molecule has 1 saturated heterocycles. The second-order valence-corrected chi connectivity index (χ2v) is 13.9. The average Bonchev–Trinajstić information content (AvgIpc) is 3.17. The first-order valence-corrected chi connectivity index (χ1v) is 13.9. The fraction of sp³-hybridized carbons (Fsp3) is 0.348. The number of hydrogen-bond acceptors (Lipinski definition) is 4. The highest BCUT2D eigenvalue weighted by Gasteiger charge is 2.32. The Balaban J connectivity index is 1.83. The molecule has 1 aliphatic rings. The van der Waals surface area contributed by atoms with E-state index in [0.717, 1.165) is 0 Å². The molecule has 0 saturated carbocycles. The molecule has 32 heavy (non-hydrogen) atoms. The first-order chi connectivity index (χ1) is 15.1. The maximum atomic E-state index is 14.6. The van der Waals surface area contributed by atoms with Crippen molar-refractivity contribution in [1.29, 1.82) is 0 Å². The molecule has 9 heteroatoms. The van der Waals surface area contributed by atoms with Gasteiger partial charge in [0.05, 0.1) is 21.1 Å². The fourth-order valence-electron chi connectivity index (χ4n) is 3.56. The molecule has 0 aromatic heterocycles. The van der Waals surface area contributed by atoms with Gasteiger partial charge in [0.2, 0.25) is 11.8 Å². The molecule has 1 heterocycles. The molecular weight excluding hydrogens is 429 g/mol. The molecule has 1 fully saturated rings. The minimum absolute atomic E-state index is 0.0755. The molecule has 7 nitrogen and oxygen atoms in total. The van der Waals surface area contributed by atoms with Crippen molar-refractivity contribution >= 4 is 36.7 Å². The predicted octanol–water partition coefficient (Wildman–Crippen LogP) is 2.31. The lowest BCUT2D eigenvalue weighted by Crippen LogP contribution is -2.41. The number of rotatable bonds is 7. The van der Waals surface area contributed by atoms with Crippen LogP contribution in [-0.4, -0.2) is 39.4 Å². The normalized spacial score (nSPS) is 16.8. The molecule has 170 valence electrons. The van der Waals surface area contributed by atoms with Crippen LogP contribution in [0.5, 0.6) is 5.75 Å². The predicted molar refractivity (Wildman–Crippen MR) is 123 cm³/mol. The highest BCUT2D eigenvalue weighted by atomic mass is 28.3. The zero-order valence-electron chi connectivity index (χ0n) is 18.6. The van der Waals surface area contributed by atoms with Gasteiger partial charge in [-0.2, -0.15) is 0 Å². The van der Waals surface area contributed by atoms with E-state index in [-0.39, 0.29) is 24.7 Å². The van der Waals surface area contributed by atoms with Crippen LogP contribution in [0.15, 0.2) is 42.5 Å². The molecule has 0 bridgehead atoms. The maximum absolute atomic E-state index is 14.6. The van der Waals surface area contributed by atoms with Crippen LogP contribution < -0.4 is 25.9 Å². The van der Waals surface area contributed by atoms with Crippen molar-refractivity contribution in [2.75, 3.05) is 19.0 Å². The molecule has 1 unspecified atom stereocenters. The summed E-state index contributed by atoms with van der Waals surface area (Å²) in [4.78, 5) is 37.3. The third kappa shape index (κ3) is 5.53. The summed E-state index contributed by atoms with van der Waals surface area (Å²) < 4.78 is 19.8. The summed E-state index contributed by atoms with van der Waals surface area (Å²) >= 11 is 0. The molecule has 2 aromatic rings. The molecule has 0 radical (unpaired) electrons. The van der Waals surface area contributed by atoms with E-state index in [1.807, 2.05) is 19.6 Å². The number of halogens is 1. The van der Waals surface area contributed by atoms with Gasteiger partial charge in [0.25, 0.3) is 5.91 Å². The number of anilines is 1. The van der Waals surface area contributed by atoms with Gasteiger partial charge in [-0.15, -0.1) is 0 Å². The third-order valence-corrected chi connectivity index (χ3v) is 7.41. The lowest BCUT2D eigenvalue weighted by molar-refractivity contribution is -0.129. The SMILES string of the molecule is COc1ccc([C@@H](NC(=O)C2CNC(=O)C2)C(=O)Nc2ccc([Si](C)(C)C)c(F)c2)cc1. The Morgan fingerprint density at radius 2 is 1.84 bits per heavy atom. The van der Waals surface area contributed by atoms with Gasteiger partial charge in [-0.25, -0.2) is 4.39 Å². The van der Waals surface area contributed by atoms with E-state index in [1.54, 1.807) is 36.4 Å². The Kier molecular flexibility index (Phi) is 6.98. The summed E-state index contributed by atoms with van der Waals surface area (Å²) in [6.45, 7) is 6.36. The van der Waals surface area contributed by atoms with Gasteiger partial charge < -0.3 is 20.7 Å². The van der Waals surface area contributed by atoms with Crippen LogP contribution in [0.1, 0.15) is 18.0 Å². The van der Waals surface area contributed by atoms with E-state index in [0.29, 0.717) is 22.2 Å². The summed E-state index contributed by atoms with van der Waals surface area (Å²) in [5.74, 6) is -1.42. The van der Waals surface area contributed by atoms with Gasteiger partial charge in [0, 0.05) is 18.7 Å². The number of carbonyl (C=O) groups excluding carboxylic acids is 3. The van der Waals surface area contributed by atoms with Crippen LogP contribution in [0.25, 0.3) is 0 Å². The number of ether oxygens (including phenoxy) is 1. The number of amides is 3. The van der Waals surface area contributed by atoms with Crippen LogP contribution in [0, 0.1) is 11.7 Å². The number of nitrogens with one attached hydrogen (secondary N) is 3. The summed E-state index contributed by atoms with van der Waals surface area (Å²) in [6.07, 6.45) is 0.0755. The topological polar surface area (TPSA) is 96.5 Å². The van der Waals surface area contributed by atoms with E-state index in [1.165, 1.54) is 13.2 Å². The van der Waals surface area contributed by atoms with Crippen molar-refractivity contribution in [3.05, 3.63) is 53.8 Å². The van der Waals surface area contributed by atoms with Gasteiger partial charge in [0.1, 0.15) is 17.6 Å². The largest absolute Gasteiger partial charge is 0.497 e. The molecule has 3 N–H and O–H groups in total. The lowest BCUT2D eigenvalue weighted by atomic mass is 10.0. The van der Waals surface area contributed by atoms with Crippen molar-refractivity contribution < 1.29 is 23.5 Å². The monoisotopic (exact) mass is 457 g/mol. The number of methoxy groups -OCH3 is 1. The van der Waals surface area contributed by atoms with E-state index in [2.05, 4.69) is 16.0 Å². The first-order valence-electron chi connectivity index (χ1n) is 10.4. The van der Waals surface area contributed by atoms with Crippen LogP contribution in [0.3, 0.4) is 0 Å². The summed E-state index contributed by atoms with van der Waals surface area (Å²) in [5.41, 5.74) is 0.841. The molecular formula is C23H28FN3O4Si. The molecule has 2 atom stereocenters. The number of hydrogen-bond donors (Lipinski definition) is 3.